The molecule has 0 atom stereocenters. The third kappa shape index (κ3) is 3.58. The van der Waals surface area contributed by atoms with Gasteiger partial charge in [-0.25, -0.2) is 4.90 Å². The molecular formula is C24H25ClN2O2. The van der Waals surface area contributed by atoms with E-state index in [0.29, 0.717) is 27.9 Å². The molecule has 4 rings (SSSR count). The van der Waals surface area contributed by atoms with Crippen LogP contribution in [0.25, 0.3) is 5.57 Å². The fourth-order valence-electron chi connectivity index (χ4n) is 4.05. The Morgan fingerprint density at radius 1 is 0.931 bits per heavy atom. The number of halogens is 1. The topological polar surface area (TPSA) is 40.6 Å². The molecule has 0 unspecified atom stereocenters. The first-order valence-electron chi connectivity index (χ1n) is 10.1. The number of benzene rings is 2. The van der Waals surface area contributed by atoms with E-state index < -0.39 is 0 Å². The summed E-state index contributed by atoms with van der Waals surface area (Å²) < 4.78 is 0. The van der Waals surface area contributed by atoms with Crippen molar-refractivity contribution in [3.05, 3.63) is 69.9 Å². The molecule has 0 N–H and O–H groups in total. The molecule has 5 heteroatoms. The fourth-order valence-corrected chi connectivity index (χ4v) is 4.24. The zero-order chi connectivity index (χ0) is 20.7. The van der Waals surface area contributed by atoms with Crippen LogP contribution in [0.3, 0.4) is 0 Å². The van der Waals surface area contributed by atoms with Gasteiger partial charge in [-0.15, -0.1) is 0 Å². The number of hydrogen-bond acceptors (Lipinski definition) is 3. The van der Waals surface area contributed by atoms with E-state index in [9.17, 15) is 9.59 Å². The van der Waals surface area contributed by atoms with E-state index >= 15 is 0 Å². The Balaban J connectivity index is 1.83. The third-order valence-corrected chi connectivity index (χ3v) is 6.26. The van der Waals surface area contributed by atoms with Crippen molar-refractivity contribution in [1.29, 1.82) is 0 Å². The first-order valence-corrected chi connectivity index (χ1v) is 10.5. The average molecular weight is 409 g/mol. The summed E-state index contributed by atoms with van der Waals surface area (Å²) in [5.41, 5.74) is 4.57. The molecule has 2 aliphatic rings. The highest BCUT2D eigenvalue weighted by Crippen LogP contribution is 2.37. The fraction of sp³-hybridized carbons (Fsp3) is 0.333. The second-order valence-corrected chi connectivity index (χ2v) is 8.55. The molecular weight excluding hydrogens is 384 g/mol. The summed E-state index contributed by atoms with van der Waals surface area (Å²) in [6.07, 6.45) is 2.03. The highest BCUT2D eigenvalue weighted by atomic mass is 35.5. The van der Waals surface area contributed by atoms with Crippen LogP contribution in [0, 0.1) is 19.8 Å². The zero-order valence-corrected chi connectivity index (χ0v) is 17.8. The Morgan fingerprint density at radius 3 is 2.31 bits per heavy atom. The molecule has 2 amide bonds. The van der Waals surface area contributed by atoms with Gasteiger partial charge < -0.3 is 4.90 Å². The minimum atomic E-state index is -0.283. The summed E-state index contributed by atoms with van der Waals surface area (Å²) in [6, 6.07) is 12.9. The average Bonchev–Trinajstić information content (AvgIpc) is 2.95. The molecule has 1 saturated heterocycles. The van der Waals surface area contributed by atoms with Gasteiger partial charge >= 0.3 is 0 Å². The highest BCUT2D eigenvalue weighted by molar-refractivity contribution is 6.45. The van der Waals surface area contributed by atoms with Crippen LogP contribution in [0.15, 0.2) is 48.2 Å². The SMILES string of the molecule is Cc1ccc(C2=C(N3CCC(C)CC3)C(=O)N(c3cccc(Cl)c3)C2=O)cc1C. The number of piperidine rings is 1. The highest BCUT2D eigenvalue weighted by Gasteiger charge is 2.43. The lowest BCUT2D eigenvalue weighted by atomic mass is 9.96. The molecule has 0 aromatic heterocycles. The molecule has 0 bridgehead atoms. The van der Waals surface area contributed by atoms with E-state index in [0.717, 1.165) is 42.6 Å². The van der Waals surface area contributed by atoms with Crippen molar-refractivity contribution in [2.45, 2.75) is 33.6 Å². The van der Waals surface area contributed by atoms with Crippen LogP contribution in [-0.4, -0.2) is 29.8 Å². The number of carbonyl (C=O) groups excluding carboxylic acids is 2. The number of carbonyl (C=O) groups is 2. The number of nitrogens with zero attached hydrogens (tertiary/aromatic N) is 2. The lowest BCUT2D eigenvalue weighted by Gasteiger charge is -2.32. The van der Waals surface area contributed by atoms with Crippen molar-refractivity contribution in [3.63, 3.8) is 0 Å². The number of amides is 2. The van der Waals surface area contributed by atoms with Crippen LogP contribution >= 0.6 is 11.6 Å². The summed E-state index contributed by atoms with van der Waals surface area (Å²) in [7, 11) is 0. The van der Waals surface area contributed by atoms with Crippen LogP contribution in [0.4, 0.5) is 5.69 Å². The Kier molecular flexibility index (Phi) is 5.22. The molecule has 150 valence electrons. The predicted octanol–water partition coefficient (Wildman–Crippen LogP) is 4.97. The number of imide groups is 1. The maximum Gasteiger partial charge on any atom is 0.282 e. The van der Waals surface area contributed by atoms with Gasteiger partial charge in [0.15, 0.2) is 0 Å². The first-order chi connectivity index (χ1) is 13.9. The molecule has 0 saturated carbocycles. The van der Waals surface area contributed by atoms with Gasteiger partial charge in [-0.1, -0.05) is 42.8 Å². The van der Waals surface area contributed by atoms with Crippen LogP contribution in [0.2, 0.25) is 5.02 Å². The molecule has 0 radical (unpaired) electrons. The quantitative estimate of drug-likeness (QED) is 0.673. The summed E-state index contributed by atoms with van der Waals surface area (Å²) in [5, 5.41) is 0.496. The van der Waals surface area contributed by atoms with Gasteiger partial charge in [0.2, 0.25) is 0 Å². The lowest BCUT2D eigenvalue weighted by Crippen LogP contribution is -2.38. The molecule has 2 heterocycles. The van der Waals surface area contributed by atoms with Crippen LogP contribution in [0.5, 0.6) is 0 Å². The van der Waals surface area contributed by atoms with E-state index in [1.165, 1.54) is 4.90 Å². The number of anilines is 1. The minimum Gasteiger partial charge on any atom is -0.366 e. The van der Waals surface area contributed by atoms with Gasteiger partial charge in [-0.3, -0.25) is 9.59 Å². The van der Waals surface area contributed by atoms with Crippen LogP contribution in [0.1, 0.15) is 36.5 Å². The largest absolute Gasteiger partial charge is 0.366 e. The smallest absolute Gasteiger partial charge is 0.282 e. The number of aryl methyl sites for hydroxylation is 2. The first kappa shape index (κ1) is 19.7. The molecule has 1 fully saturated rings. The number of rotatable bonds is 3. The van der Waals surface area contributed by atoms with Crippen molar-refractivity contribution in [1.82, 2.24) is 4.90 Å². The molecule has 2 aromatic rings. The van der Waals surface area contributed by atoms with E-state index in [4.69, 9.17) is 11.6 Å². The zero-order valence-electron chi connectivity index (χ0n) is 17.0. The minimum absolute atomic E-state index is 0.264. The Bertz CT molecular complexity index is 1020. The van der Waals surface area contributed by atoms with Gasteiger partial charge in [0.25, 0.3) is 11.8 Å². The van der Waals surface area contributed by atoms with Gasteiger partial charge in [-0.2, -0.15) is 0 Å². The van der Waals surface area contributed by atoms with E-state index in [-0.39, 0.29) is 11.8 Å². The van der Waals surface area contributed by atoms with Gasteiger partial charge in [0.05, 0.1) is 11.3 Å². The van der Waals surface area contributed by atoms with Crippen molar-refractivity contribution in [2.75, 3.05) is 18.0 Å². The van der Waals surface area contributed by atoms with Gasteiger partial charge in [0.1, 0.15) is 5.70 Å². The third-order valence-electron chi connectivity index (χ3n) is 6.02. The predicted molar refractivity (Wildman–Crippen MR) is 117 cm³/mol. The summed E-state index contributed by atoms with van der Waals surface area (Å²) in [5.74, 6) is 0.0855. The monoisotopic (exact) mass is 408 g/mol. The molecule has 4 nitrogen and oxygen atoms in total. The van der Waals surface area contributed by atoms with E-state index in [2.05, 4.69) is 11.8 Å². The summed E-state index contributed by atoms with van der Waals surface area (Å²) >= 11 is 6.14. The Hall–Kier alpha value is -2.59. The van der Waals surface area contributed by atoms with Crippen LogP contribution < -0.4 is 4.90 Å². The normalized spacial score (nSPS) is 18.2. The van der Waals surface area contributed by atoms with Gasteiger partial charge in [0, 0.05) is 18.1 Å². The second-order valence-electron chi connectivity index (χ2n) is 8.12. The van der Waals surface area contributed by atoms with Crippen molar-refractivity contribution in [3.8, 4) is 0 Å². The Labute approximate surface area is 176 Å². The molecule has 0 spiro atoms. The van der Waals surface area contributed by atoms with Crippen molar-refractivity contribution < 1.29 is 9.59 Å². The van der Waals surface area contributed by atoms with E-state index in [1.54, 1.807) is 24.3 Å². The van der Waals surface area contributed by atoms with Gasteiger partial charge in [-0.05, 0) is 67.5 Å². The number of hydrogen-bond donors (Lipinski definition) is 0. The maximum absolute atomic E-state index is 13.5. The molecule has 2 aromatic carbocycles. The standard InChI is InChI=1S/C24H25ClN2O2/c1-15-9-11-26(12-10-15)22-21(18-8-7-16(2)17(3)13-18)23(28)27(24(22)29)20-6-4-5-19(25)14-20/h4-8,13-15H,9-12H2,1-3H3. The maximum atomic E-state index is 13.5. The number of likely N-dealkylation sites (tertiary alicyclic amines) is 1. The van der Waals surface area contributed by atoms with Crippen molar-refractivity contribution >= 4 is 34.7 Å². The molecule has 0 aliphatic carbocycles. The Morgan fingerprint density at radius 2 is 1.66 bits per heavy atom. The molecule has 29 heavy (non-hydrogen) atoms. The summed E-state index contributed by atoms with van der Waals surface area (Å²) in [6.45, 7) is 7.87. The molecule has 2 aliphatic heterocycles. The lowest BCUT2D eigenvalue weighted by molar-refractivity contribution is -0.120. The summed E-state index contributed by atoms with van der Waals surface area (Å²) in [4.78, 5) is 30.4. The second kappa shape index (κ2) is 7.68. The van der Waals surface area contributed by atoms with E-state index in [1.807, 2.05) is 32.0 Å². The van der Waals surface area contributed by atoms with Crippen molar-refractivity contribution in [2.24, 2.45) is 5.92 Å². The van der Waals surface area contributed by atoms with Crippen LogP contribution in [-0.2, 0) is 9.59 Å².